The minimum absolute atomic E-state index is 0.0205. The van der Waals surface area contributed by atoms with Gasteiger partial charge in [-0.15, -0.1) is 0 Å². The van der Waals surface area contributed by atoms with Gasteiger partial charge in [0.25, 0.3) is 0 Å². The summed E-state index contributed by atoms with van der Waals surface area (Å²) in [5.74, 6) is 0.757. The van der Waals surface area contributed by atoms with E-state index < -0.39 is 37.3 Å². The third-order valence-corrected chi connectivity index (χ3v) is 4.94. The Labute approximate surface area is 165 Å². The third-order valence-electron chi connectivity index (χ3n) is 4.94. The van der Waals surface area contributed by atoms with Gasteiger partial charge in [-0.1, -0.05) is 32.1 Å². The van der Waals surface area contributed by atoms with E-state index in [4.69, 9.17) is 9.47 Å². The maximum atomic E-state index is 10.3. The lowest BCUT2D eigenvalue weighted by Crippen LogP contribution is -2.59. The highest BCUT2D eigenvalue weighted by Gasteiger charge is 2.43. The van der Waals surface area contributed by atoms with Crippen LogP contribution in [0.25, 0.3) is 5.57 Å². The number of hydrogen-bond donors (Lipinski definition) is 5. The van der Waals surface area contributed by atoms with E-state index in [0.29, 0.717) is 11.5 Å². The smallest absolute Gasteiger partial charge is 0.187 e. The Kier molecular flexibility index (Phi) is 8.42. The highest BCUT2D eigenvalue weighted by Crippen LogP contribution is 2.28. The van der Waals surface area contributed by atoms with E-state index in [1.54, 1.807) is 12.1 Å². The molecule has 0 bridgehead atoms. The van der Waals surface area contributed by atoms with E-state index in [1.165, 1.54) is 0 Å². The van der Waals surface area contributed by atoms with Crippen molar-refractivity contribution in [2.75, 3.05) is 6.61 Å². The molecule has 1 aliphatic heterocycles. The van der Waals surface area contributed by atoms with Crippen molar-refractivity contribution >= 4 is 5.57 Å². The molecule has 0 unspecified atom stereocenters. The van der Waals surface area contributed by atoms with E-state index in [1.807, 2.05) is 13.0 Å². The van der Waals surface area contributed by atoms with Crippen molar-refractivity contribution in [2.24, 2.45) is 5.92 Å². The van der Waals surface area contributed by atoms with E-state index in [-0.39, 0.29) is 12.4 Å². The Morgan fingerprint density at radius 1 is 1.18 bits per heavy atom. The van der Waals surface area contributed by atoms with E-state index in [9.17, 15) is 25.5 Å². The van der Waals surface area contributed by atoms with Gasteiger partial charge in [0.15, 0.2) is 6.29 Å². The molecule has 5 N–H and O–H groups in total. The molecular formula is C21H32O7. The fourth-order valence-electron chi connectivity index (χ4n) is 3.13. The minimum atomic E-state index is -1.48. The third kappa shape index (κ3) is 5.76. The molecule has 0 aliphatic carbocycles. The van der Waals surface area contributed by atoms with Crippen LogP contribution < -0.4 is 0 Å². The molecular weight excluding hydrogens is 364 g/mol. The van der Waals surface area contributed by atoms with Crippen molar-refractivity contribution in [1.29, 1.82) is 0 Å². The van der Waals surface area contributed by atoms with Gasteiger partial charge in [-0.25, -0.2) is 0 Å². The molecule has 7 nitrogen and oxygen atoms in total. The monoisotopic (exact) mass is 396 g/mol. The lowest BCUT2D eigenvalue weighted by atomic mass is 9.99. The summed E-state index contributed by atoms with van der Waals surface area (Å²) in [7, 11) is 0. The van der Waals surface area contributed by atoms with Crippen molar-refractivity contribution in [3.05, 3.63) is 35.4 Å². The van der Waals surface area contributed by atoms with Crippen LogP contribution in [0.1, 0.15) is 44.7 Å². The Bertz CT molecular complexity index is 656. The average Bonchev–Trinajstić information content (AvgIpc) is 2.65. The number of hydrogen-bond acceptors (Lipinski definition) is 7. The first-order valence-electron chi connectivity index (χ1n) is 9.65. The molecule has 158 valence electrons. The number of phenols is 1. The molecule has 1 aromatic carbocycles. The first-order chi connectivity index (χ1) is 13.2. The first-order valence-corrected chi connectivity index (χ1v) is 9.65. The molecule has 1 heterocycles. The van der Waals surface area contributed by atoms with Gasteiger partial charge in [0.1, 0.15) is 30.2 Å². The van der Waals surface area contributed by atoms with E-state index in [0.717, 1.165) is 24.0 Å². The predicted molar refractivity (Wildman–Crippen MR) is 104 cm³/mol. The minimum Gasteiger partial charge on any atom is -0.507 e. The van der Waals surface area contributed by atoms with E-state index in [2.05, 4.69) is 19.9 Å². The highest BCUT2D eigenvalue weighted by atomic mass is 16.7. The lowest BCUT2D eigenvalue weighted by molar-refractivity contribution is -0.304. The van der Waals surface area contributed by atoms with Crippen LogP contribution in [0.3, 0.4) is 0 Å². The van der Waals surface area contributed by atoms with Crippen molar-refractivity contribution in [3.63, 3.8) is 0 Å². The van der Waals surface area contributed by atoms with Gasteiger partial charge >= 0.3 is 0 Å². The summed E-state index contributed by atoms with van der Waals surface area (Å²) in [6.45, 7) is 5.81. The summed E-state index contributed by atoms with van der Waals surface area (Å²) in [5, 5.41) is 49.1. The Hall–Kier alpha value is -1.48. The summed E-state index contributed by atoms with van der Waals surface area (Å²) < 4.78 is 10.8. The summed E-state index contributed by atoms with van der Waals surface area (Å²) >= 11 is 0. The SMILES string of the molecule is C/C(=C\CCC(C)C)c1ccc(CO[C@@H]2O[C@H](CO)[C@@H](O)[C@H](O)[C@H]2O)cc1O. The highest BCUT2D eigenvalue weighted by molar-refractivity contribution is 5.69. The Balaban J connectivity index is 1.99. The van der Waals surface area contributed by atoms with Crippen molar-refractivity contribution in [3.8, 4) is 5.75 Å². The van der Waals surface area contributed by atoms with Gasteiger partial charge in [0.05, 0.1) is 13.2 Å². The van der Waals surface area contributed by atoms with Gasteiger partial charge in [0, 0.05) is 5.56 Å². The summed E-state index contributed by atoms with van der Waals surface area (Å²) in [6, 6.07) is 5.19. The van der Waals surface area contributed by atoms with Crippen LogP contribution in [0, 0.1) is 5.92 Å². The second kappa shape index (κ2) is 10.3. The molecule has 0 radical (unpaired) electrons. The van der Waals surface area contributed by atoms with Gasteiger partial charge in [-0.05, 0) is 42.9 Å². The van der Waals surface area contributed by atoms with Crippen LogP contribution in [0.2, 0.25) is 0 Å². The van der Waals surface area contributed by atoms with Gasteiger partial charge in [-0.2, -0.15) is 0 Å². The van der Waals surface area contributed by atoms with Crippen LogP contribution >= 0.6 is 0 Å². The number of aliphatic hydroxyl groups is 4. The zero-order valence-corrected chi connectivity index (χ0v) is 16.7. The lowest BCUT2D eigenvalue weighted by Gasteiger charge is -2.39. The zero-order chi connectivity index (χ0) is 20.8. The summed E-state index contributed by atoms with van der Waals surface area (Å²) in [5.41, 5.74) is 2.41. The fourth-order valence-corrected chi connectivity index (χ4v) is 3.13. The normalized spacial score (nSPS) is 28.7. The molecule has 5 atom stereocenters. The topological polar surface area (TPSA) is 120 Å². The molecule has 1 aliphatic rings. The first kappa shape index (κ1) is 22.8. The molecule has 0 spiro atoms. The molecule has 0 amide bonds. The Morgan fingerprint density at radius 2 is 1.89 bits per heavy atom. The van der Waals surface area contributed by atoms with Gasteiger partial charge in [0.2, 0.25) is 0 Å². The van der Waals surface area contributed by atoms with Crippen LogP contribution in [-0.4, -0.2) is 62.8 Å². The van der Waals surface area contributed by atoms with Crippen LogP contribution in [0.15, 0.2) is 24.3 Å². The van der Waals surface area contributed by atoms with Gasteiger partial charge in [-0.3, -0.25) is 0 Å². The van der Waals surface area contributed by atoms with Crippen LogP contribution in [-0.2, 0) is 16.1 Å². The number of allylic oxidation sites excluding steroid dienone is 2. The van der Waals surface area contributed by atoms with Crippen LogP contribution in [0.4, 0.5) is 0 Å². The number of ether oxygens (including phenoxy) is 2. The maximum Gasteiger partial charge on any atom is 0.187 e. The van der Waals surface area contributed by atoms with Crippen molar-refractivity contribution in [1.82, 2.24) is 0 Å². The largest absolute Gasteiger partial charge is 0.507 e. The number of aromatic hydroxyl groups is 1. The van der Waals surface area contributed by atoms with Gasteiger partial charge < -0.3 is 35.0 Å². The predicted octanol–water partition coefficient (Wildman–Crippen LogP) is 1.55. The molecule has 1 fully saturated rings. The molecule has 28 heavy (non-hydrogen) atoms. The number of phenolic OH excluding ortho intramolecular Hbond substituents is 1. The maximum absolute atomic E-state index is 10.3. The molecule has 0 saturated carbocycles. The standard InChI is InChI=1S/C21H32O7/c1-12(2)5-4-6-13(3)15-8-7-14(9-16(15)23)11-27-21-20(26)19(25)18(24)17(10-22)28-21/h6-9,12,17-26H,4-5,10-11H2,1-3H3/b13-6+/t17-,18-,19+,20-,21-/m1/s1. The molecule has 7 heteroatoms. The van der Waals surface area contributed by atoms with Crippen LogP contribution in [0.5, 0.6) is 5.75 Å². The second-order valence-electron chi connectivity index (χ2n) is 7.72. The average molecular weight is 396 g/mol. The number of rotatable bonds is 8. The number of aliphatic hydroxyl groups excluding tert-OH is 4. The summed E-state index contributed by atoms with van der Waals surface area (Å²) in [4.78, 5) is 0. The summed E-state index contributed by atoms with van der Waals surface area (Å²) in [6.07, 6.45) is -2.42. The van der Waals surface area contributed by atoms with Crippen molar-refractivity contribution in [2.45, 2.75) is 70.9 Å². The fraction of sp³-hybridized carbons (Fsp3) is 0.619. The zero-order valence-electron chi connectivity index (χ0n) is 16.7. The molecule has 1 saturated heterocycles. The van der Waals surface area contributed by atoms with E-state index >= 15 is 0 Å². The molecule has 1 aromatic rings. The van der Waals surface area contributed by atoms with Crippen molar-refractivity contribution < 1.29 is 35.0 Å². The second-order valence-corrected chi connectivity index (χ2v) is 7.72. The quantitative estimate of drug-likeness (QED) is 0.452. The number of benzene rings is 1. The molecule has 2 rings (SSSR count). The Morgan fingerprint density at radius 3 is 2.50 bits per heavy atom. The molecule has 0 aromatic heterocycles.